The molecule has 7 N–H and O–H groups in total. The molecule has 0 heterocycles. The van der Waals surface area contributed by atoms with Crippen LogP contribution < -0.4 is 5.32 Å². The van der Waals surface area contributed by atoms with E-state index >= 15 is 0 Å². The molecule has 1 aliphatic carbocycles. The largest absolute Gasteiger partial charge is 0.508 e. The van der Waals surface area contributed by atoms with Gasteiger partial charge in [0.05, 0.1) is 24.4 Å². The van der Waals surface area contributed by atoms with Crippen LogP contribution in [0.1, 0.15) is 108 Å². The number of allylic oxidation sites excluding steroid dienone is 2. The van der Waals surface area contributed by atoms with Crippen LogP contribution in [0.4, 0.5) is 0 Å². The number of unbranched alkanes of at least 4 members (excludes halogenated alkanes) is 4. The summed E-state index contributed by atoms with van der Waals surface area (Å²) >= 11 is 0. The molecule has 0 radical (unpaired) electrons. The predicted molar refractivity (Wildman–Crippen MR) is 196 cm³/mol. The van der Waals surface area contributed by atoms with Crippen molar-refractivity contribution < 1.29 is 35.4 Å². The summed E-state index contributed by atoms with van der Waals surface area (Å²) in [7, 11) is 0. The molecule has 0 unspecified atom stereocenters. The third-order valence-corrected chi connectivity index (χ3v) is 9.80. The number of phenolic OH excluding ortho intramolecular Hbond substituents is 1. The number of carboxylic acids is 1. The van der Waals surface area contributed by atoms with Gasteiger partial charge in [-0.3, -0.25) is 4.79 Å². The molecule has 0 fully saturated rings. The van der Waals surface area contributed by atoms with Crippen molar-refractivity contribution in [3.05, 3.63) is 88.5 Å². The summed E-state index contributed by atoms with van der Waals surface area (Å²) < 4.78 is 0. The molecule has 0 saturated heterocycles. The molecule has 0 bridgehead atoms. The first-order valence-corrected chi connectivity index (χ1v) is 18.4. The molecule has 2 aromatic rings. The number of benzene rings is 2. The average Bonchev–Trinajstić information content (AvgIpc) is 3.07. The molecule has 0 spiro atoms. The van der Waals surface area contributed by atoms with E-state index in [2.05, 4.69) is 36.5 Å². The van der Waals surface area contributed by atoms with Crippen molar-refractivity contribution in [2.45, 2.75) is 134 Å². The van der Waals surface area contributed by atoms with E-state index in [0.717, 1.165) is 74.5 Å². The smallest absolute Gasteiger partial charge is 0.303 e. The van der Waals surface area contributed by atoms with Crippen molar-refractivity contribution >= 4 is 5.97 Å². The number of nitrogens with one attached hydrogen (secondary N) is 1. The minimum Gasteiger partial charge on any atom is -0.508 e. The third-order valence-electron chi connectivity index (χ3n) is 9.80. The van der Waals surface area contributed by atoms with Crippen LogP contribution in [-0.4, -0.2) is 73.6 Å². The van der Waals surface area contributed by atoms with E-state index in [4.69, 9.17) is 0 Å². The fraction of sp³-hybridized carbons (Fsp3) is 0.585. The Morgan fingerprint density at radius 1 is 0.980 bits per heavy atom. The van der Waals surface area contributed by atoms with Crippen LogP contribution in [0.2, 0.25) is 0 Å². The highest BCUT2D eigenvalue weighted by atomic mass is 16.4. The van der Waals surface area contributed by atoms with Crippen molar-refractivity contribution in [3.8, 4) is 5.75 Å². The number of rotatable bonds is 20. The van der Waals surface area contributed by atoms with Gasteiger partial charge in [-0.1, -0.05) is 87.6 Å². The Bertz CT molecular complexity index is 1320. The highest BCUT2D eigenvalue weighted by Crippen LogP contribution is 2.34. The lowest BCUT2D eigenvalue weighted by atomic mass is 9.77. The number of aryl methyl sites for hydroxylation is 2. The monoisotopic (exact) mass is 679 g/mol. The van der Waals surface area contributed by atoms with Gasteiger partial charge < -0.3 is 36.0 Å². The zero-order valence-electron chi connectivity index (χ0n) is 29.7. The highest BCUT2D eigenvalue weighted by Gasteiger charge is 2.31. The maximum absolute atomic E-state index is 11.6. The Morgan fingerprint density at radius 2 is 1.69 bits per heavy atom. The van der Waals surface area contributed by atoms with E-state index < -0.39 is 23.8 Å². The molecule has 2 aromatic carbocycles. The maximum Gasteiger partial charge on any atom is 0.303 e. The number of carboxylic acid groups (broad SMARTS) is 1. The first kappa shape index (κ1) is 40.4. The van der Waals surface area contributed by atoms with Gasteiger partial charge in [-0.25, -0.2) is 0 Å². The molecule has 49 heavy (non-hydrogen) atoms. The summed E-state index contributed by atoms with van der Waals surface area (Å²) in [4.78, 5) is 11.2. The van der Waals surface area contributed by atoms with Crippen LogP contribution in [-0.2, 0) is 24.1 Å². The van der Waals surface area contributed by atoms with E-state index in [1.54, 1.807) is 19.1 Å². The molecule has 0 aliphatic heterocycles. The first-order chi connectivity index (χ1) is 23.5. The Kier molecular flexibility index (Phi) is 17.5. The van der Waals surface area contributed by atoms with E-state index in [-0.39, 0.29) is 43.7 Å². The number of aliphatic hydroxyl groups excluding tert-OH is 3. The van der Waals surface area contributed by atoms with Crippen molar-refractivity contribution in [3.63, 3.8) is 0 Å². The standard InChI is InChI=1S/C41H61NO7/c1-3-4-6-14-35(44)25-22-33-20-18-31-11-9-10-12-32(31)19-21-34(13-7-5-8-15-39(47)48)40(38(33)26-37(46)28-43)42-29-41(2,49)27-30-16-23-36(45)24-17-30/h9-12,16-17,22-25,34-35,37,40,42-46,49H,3-8,13-15,18-21,26-29H2,1-2H3,(H,47,48)/t34-,35-,37-,40+,41-/m0/s1. The topological polar surface area (TPSA) is 150 Å². The van der Waals surface area contributed by atoms with Gasteiger partial charge in [0.2, 0.25) is 0 Å². The van der Waals surface area contributed by atoms with Crippen molar-refractivity contribution in [1.82, 2.24) is 5.32 Å². The number of phenols is 1. The van der Waals surface area contributed by atoms with E-state index in [9.17, 15) is 35.4 Å². The normalized spacial score (nSPS) is 19.7. The lowest BCUT2D eigenvalue weighted by molar-refractivity contribution is -0.137. The zero-order chi connectivity index (χ0) is 35.6. The number of fused-ring (bicyclic) bond motifs is 1. The van der Waals surface area contributed by atoms with Gasteiger partial charge in [0, 0.05) is 25.4 Å². The van der Waals surface area contributed by atoms with Gasteiger partial charge in [-0.05, 0) is 104 Å². The Hall–Kier alpha value is -3.01. The van der Waals surface area contributed by atoms with E-state index in [1.807, 2.05) is 24.3 Å². The van der Waals surface area contributed by atoms with Crippen LogP contribution in [0, 0.1) is 5.92 Å². The van der Waals surface area contributed by atoms with Crippen LogP contribution >= 0.6 is 0 Å². The highest BCUT2D eigenvalue weighted by molar-refractivity contribution is 5.66. The molecular weight excluding hydrogens is 618 g/mol. The molecule has 8 heteroatoms. The Labute approximate surface area is 293 Å². The second-order valence-corrected chi connectivity index (χ2v) is 14.3. The molecule has 0 aromatic heterocycles. The number of hydrogen-bond acceptors (Lipinski definition) is 7. The minimum atomic E-state index is -1.13. The summed E-state index contributed by atoms with van der Waals surface area (Å²) in [6.45, 7) is 3.82. The zero-order valence-corrected chi connectivity index (χ0v) is 29.7. The van der Waals surface area contributed by atoms with Gasteiger partial charge in [0.15, 0.2) is 0 Å². The lowest BCUT2D eigenvalue weighted by Crippen LogP contribution is -2.48. The van der Waals surface area contributed by atoms with Crippen LogP contribution in [0.15, 0.2) is 71.8 Å². The summed E-state index contributed by atoms with van der Waals surface area (Å²) in [6.07, 6.45) is 13.1. The number of hydrogen-bond donors (Lipinski definition) is 7. The number of aliphatic hydroxyl groups is 4. The fourth-order valence-electron chi connectivity index (χ4n) is 7.07. The molecule has 272 valence electrons. The van der Waals surface area contributed by atoms with Gasteiger partial charge >= 0.3 is 5.97 Å². The maximum atomic E-state index is 11.6. The van der Waals surface area contributed by atoms with Crippen molar-refractivity contribution in [2.24, 2.45) is 5.92 Å². The second kappa shape index (κ2) is 21.3. The van der Waals surface area contributed by atoms with Gasteiger partial charge in [-0.15, -0.1) is 0 Å². The molecule has 3 rings (SSSR count). The van der Waals surface area contributed by atoms with Gasteiger partial charge in [0.25, 0.3) is 0 Å². The molecule has 5 atom stereocenters. The summed E-state index contributed by atoms with van der Waals surface area (Å²) in [6, 6.07) is 15.1. The van der Waals surface area contributed by atoms with Crippen LogP contribution in [0.3, 0.4) is 0 Å². The Balaban J connectivity index is 2.06. The number of aromatic hydroxyl groups is 1. The quantitative estimate of drug-likeness (QED) is 0.0794. The Morgan fingerprint density at radius 3 is 2.37 bits per heavy atom. The lowest BCUT2D eigenvalue weighted by Gasteiger charge is -2.36. The molecule has 0 saturated carbocycles. The summed E-state index contributed by atoms with van der Waals surface area (Å²) in [5.74, 6) is -0.523. The van der Waals surface area contributed by atoms with Crippen molar-refractivity contribution in [1.29, 1.82) is 0 Å². The first-order valence-electron chi connectivity index (χ1n) is 18.4. The van der Waals surface area contributed by atoms with Crippen LogP contribution in [0.5, 0.6) is 5.75 Å². The molecule has 8 nitrogen and oxygen atoms in total. The second-order valence-electron chi connectivity index (χ2n) is 14.3. The summed E-state index contributed by atoms with van der Waals surface area (Å²) in [5, 5.41) is 66.2. The average molecular weight is 680 g/mol. The van der Waals surface area contributed by atoms with Crippen LogP contribution in [0.25, 0.3) is 0 Å². The number of aliphatic carboxylic acids is 1. The fourth-order valence-corrected chi connectivity index (χ4v) is 7.07. The minimum absolute atomic E-state index is 0.0965. The summed E-state index contributed by atoms with van der Waals surface area (Å²) in [5.41, 5.74) is 4.35. The SMILES string of the molecule is CCCCC[C@H](O)C=CC1=C(C[C@H](O)CO)[C@H](NC[C@@](C)(O)Cc2ccc(O)cc2)[C@@H](CCCCCC(=O)O)CCc2ccccc2CC1. The molecule has 1 aliphatic rings. The van der Waals surface area contributed by atoms with E-state index in [0.29, 0.717) is 25.7 Å². The number of carbonyl (C=O) groups is 1. The molecule has 0 amide bonds. The predicted octanol–water partition coefficient (Wildman–Crippen LogP) is 6.41. The molecular formula is C41H61NO7. The van der Waals surface area contributed by atoms with E-state index in [1.165, 1.54) is 11.1 Å². The van der Waals surface area contributed by atoms with Crippen molar-refractivity contribution in [2.75, 3.05) is 13.2 Å². The third kappa shape index (κ3) is 14.8. The van der Waals surface area contributed by atoms with Gasteiger partial charge in [-0.2, -0.15) is 0 Å². The van der Waals surface area contributed by atoms with Gasteiger partial charge in [0.1, 0.15) is 5.75 Å².